The van der Waals surface area contributed by atoms with Crippen LogP contribution in [0.25, 0.3) is 17.4 Å². The number of ether oxygens (including phenoxy) is 1. The van der Waals surface area contributed by atoms with Gasteiger partial charge in [-0.3, -0.25) is 24.6 Å². The molecule has 1 aromatic heterocycles. The number of hydrogen-bond acceptors (Lipinski definition) is 7. The summed E-state index contributed by atoms with van der Waals surface area (Å²) in [7, 11) is 2.64. The largest absolute Gasteiger partial charge is 0.490 e. The number of amides is 2. The van der Waals surface area contributed by atoms with Crippen molar-refractivity contribution in [2.75, 3.05) is 14.2 Å². The number of nitro benzene ring substituents is 1. The predicted octanol–water partition coefficient (Wildman–Crippen LogP) is 3.09. The second-order valence-corrected chi connectivity index (χ2v) is 6.18. The summed E-state index contributed by atoms with van der Waals surface area (Å²) in [6.07, 6.45) is 1.43. The van der Waals surface area contributed by atoms with Crippen LogP contribution < -0.4 is 4.74 Å². The molecule has 146 valence electrons. The summed E-state index contributed by atoms with van der Waals surface area (Å²) in [5.41, 5.74) is 0.551. The molecule has 9 nitrogen and oxygen atoms in total. The van der Waals surface area contributed by atoms with Crippen LogP contribution in [0.3, 0.4) is 0 Å². The van der Waals surface area contributed by atoms with E-state index in [0.29, 0.717) is 17.1 Å². The van der Waals surface area contributed by atoms with Crippen LogP contribution in [-0.4, -0.2) is 35.8 Å². The van der Waals surface area contributed by atoms with E-state index in [0.717, 1.165) is 4.90 Å². The third-order valence-electron chi connectivity index (χ3n) is 4.52. The second-order valence-electron chi connectivity index (χ2n) is 6.18. The number of imide groups is 1. The van der Waals surface area contributed by atoms with Crippen molar-refractivity contribution >= 4 is 23.6 Å². The van der Waals surface area contributed by atoms with Gasteiger partial charge in [0.25, 0.3) is 11.8 Å². The monoisotopic (exact) mass is 393 g/mol. The lowest BCUT2D eigenvalue weighted by Gasteiger charge is -2.23. The van der Waals surface area contributed by atoms with Crippen LogP contribution in [0.5, 0.6) is 5.75 Å². The van der Waals surface area contributed by atoms with E-state index in [2.05, 4.69) is 0 Å². The average molecular weight is 393 g/mol. The van der Waals surface area contributed by atoms with Gasteiger partial charge < -0.3 is 9.15 Å². The van der Waals surface area contributed by atoms with Gasteiger partial charge in [0.1, 0.15) is 23.2 Å². The number of carbonyl (C=O) groups is 2. The van der Waals surface area contributed by atoms with Gasteiger partial charge in [0, 0.05) is 24.3 Å². The summed E-state index contributed by atoms with van der Waals surface area (Å²) in [5, 5.41) is 20.4. The van der Waals surface area contributed by atoms with Gasteiger partial charge in [0.2, 0.25) is 0 Å². The van der Waals surface area contributed by atoms with Crippen LogP contribution in [-0.2, 0) is 9.59 Å². The smallest absolute Gasteiger partial charge is 0.311 e. The first-order chi connectivity index (χ1) is 13.8. The van der Waals surface area contributed by atoms with E-state index in [1.165, 1.54) is 39.3 Å². The minimum absolute atomic E-state index is 0.115. The van der Waals surface area contributed by atoms with Crippen molar-refractivity contribution < 1.29 is 23.7 Å². The Balaban J connectivity index is 2.03. The van der Waals surface area contributed by atoms with Crippen molar-refractivity contribution in [3.63, 3.8) is 0 Å². The molecule has 0 spiro atoms. The highest BCUT2D eigenvalue weighted by Gasteiger charge is 2.33. The van der Waals surface area contributed by atoms with Crippen LogP contribution in [0.15, 0.2) is 51.5 Å². The molecule has 0 unspecified atom stereocenters. The molecule has 9 heteroatoms. The van der Waals surface area contributed by atoms with E-state index in [-0.39, 0.29) is 28.2 Å². The Labute approximate surface area is 165 Å². The zero-order valence-electron chi connectivity index (χ0n) is 15.8. The highest BCUT2D eigenvalue weighted by molar-refractivity contribution is 6.19. The molecule has 0 saturated heterocycles. The zero-order chi connectivity index (χ0) is 21.3. The molecule has 2 aromatic rings. The van der Waals surface area contributed by atoms with Crippen molar-refractivity contribution in [3.8, 4) is 23.1 Å². The minimum atomic E-state index is -0.655. The van der Waals surface area contributed by atoms with E-state index in [9.17, 15) is 25.0 Å². The molecule has 0 radical (unpaired) electrons. The molecular weight excluding hydrogens is 378 g/mol. The Morgan fingerprint density at radius 3 is 2.59 bits per heavy atom. The minimum Gasteiger partial charge on any atom is -0.490 e. The van der Waals surface area contributed by atoms with Crippen molar-refractivity contribution in [1.82, 2.24) is 4.90 Å². The molecule has 0 saturated carbocycles. The number of nitro groups is 1. The van der Waals surface area contributed by atoms with E-state index in [1.807, 2.05) is 6.07 Å². The molecule has 29 heavy (non-hydrogen) atoms. The fourth-order valence-corrected chi connectivity index (χ4v) is 2.91. The maximum Gasteiger partial charge on any atom is 0.311 e. The number of nitrogens with zero attached hydrogens (tertiary/aromatic N) is 3. The van der Waals surface area contributed by atoms with Gasteiger partial charge in [-0.15, -0.1) is 0 Å². The maximum atomic E-state index is 12.4. The maximum absolute atomic E-state index is 12.4. The van der Waals surface area contributed by atoms with Gasteiger partial charge in [-0.25, -0.2) is 0 Å². The highest BCUT2D eigenvalue weighted by Crippen LogP contribution is 2.34. The fraction of sp³-hybridized carbons (Fsp3) is 0.150. The number of nitriles is 1. The molecule has 2 amide bonds. The van der Waals surface area contributed by atoms with Crippen LogP contribution in [0.2, 0.25) is 0 Å². The van der Waals surface area contributed by atoms with E-state index in [1.54, 1.807) is 18.2 Å². The average Bonchev–Trinajstić information content (AvgIpc) is 3.18. The molecule has 0 fully saturated rings. The normalized spacial score (nSPS) is 15.7. The molecule has 0 aliphatic carbocycles. The SMILES string of the molecule is COc1ccc(-c2ccc(/C=C3\C(=O)N(C)C(=O)C(C#N)=C3C)o2)cc1[N+](=O)[O-]. The predicted molar refractivity (Wildman–Crippen MR) is 101 cm³/mol. The van der Waals surface area contributed by atoms with Crippen molar-refractivity contribution in [2.24, 2.45) is 0 Å². The summed E-state index contributed by atoms with van der Waals surface area (Å²) in [6, 6.07) is 9.40. The Morgan fingerprint density at radius 1 is 1.24 bits per heavy atom. The third kappa shape index (κ3) is 3.39. The summed E-state index contributed by atoms with van der Waals surface area (Å²) < 4.78 is 10.7. The summed E-state index contributed by atoms with van der Waals surface area (Å²) in [4.78, 5) is 36.0. The molecule has 2 heterocycles. The number of likely N-dealkylation sites (N-methyl/N-ethyl adjacent to an activating group) is 1. The molecule has 3 rings (SSSR count). The van der Waals surface area contributed by atoms with Gasteiger partial charge in [0.15, 0.2) is 5.75 Å². The van der Waals surface area contributed by atoms with E-state index >= 15 is 0 Å². The first-order valence-electron chi connectivity index (χ1n) is 8.36. The van der Waals surface area contributed by atoms with Crippen molar-refractivity contribution in [1.29, 1.82) is 5.26 Å². The molecule has 1 aliphatic rings. The topological polar surface area (TPSA) is 127 Å². The lowest BCUT2D eigenvalue weighted by atomic mass is 9.95. The fourth-order valence-electron chi connectivity index (χ4n) is 2.91. The summed E-state index contributed by atoms with van der Waals surface area (Å²) >= 11 is 0. The number of carbonyl (C=O) groups excluding carboxylic acids is 2. The molecule has 0 N–H and O–H groups in total. The van der Waals surface area contributed by atoms with Gasteiger partial charge in [0.05, 0.1) is 12.0 Å². The number of rotatable bonds is 4. The third-order valence-corrected chi connectivity index (χ3v) is 4.52. The van der Waals surface area contributed by atoms with Crippen LogP contribution in [0, 0.1) is 21.4 Å². The molecule has 1 aromatic carbocycles. The second kappa shape index (κ2) is 7.44. The first kappa shape index (κ1) is 19.6. The Bertz CT molecular complexity index is 1150. The quantitative estimate of drug-likeness (QED) is 0.338. The van der Waals surface area contributed by atoms with Gasteiger partial charge in [-0.05, 0) is 42.8 Å². The van der Waals surface area contributed by atoms with E-state index < -0.39 is 16.7 Å². The van der Waals surface area contributed by atoms with Crippen molar-refractivity contribution in [2.45, 2.75) is 6.92 Å². The summed E-state index contributed by atoms with van der Waals surface area (Å²) in [5.74, 6) is -0.445. The molecule has 0 atom stereocenters. The van der Waals surface area contributed by atoms with Crippen LogP contribution >= 0.6 is 0 Å². The highest BCUT2D eigenvalue weighted by atomic mass is 16.6. The number of furan rings is 1. The number of benzene rings is 1. The number of methoxy groups -OCH3 is 1. The lowest BCUT2D eigenvalue weighted by molar-refractivity contribution is -0.385. The van der Waals surface area contributed by atoms with Gasteiger partial charge in [-0.2, -0.15) is 5.26 Å². The summed E-state index contributed by atoms with van der Waals surface area (Å²) in [6.45, 7) is 1.52. The van der Waals surface area contributed by atoms with Gasteiger partial charge >= 0.3 is 5.69 Å². The standard InChI is InChI=1S/C20H15N3O6/c1-11-14(19(24)22(2)20(25)15(11)10-21)9-13-5-7-17(29-13)12-4-6-18(28-3)16(8-12)23(26)27/h4-9H,1-3H3/b14-9-. The van der Waals surface area contributed by atoms with Crippen LogP contribution in [0.4, 0.5) is 5.69 Å². The Hall–Kier alpha value is -4.19. The Morgan fingerprint density at radius 2 is 1.97 bits per heavy atom. The number of hydrogen-bond donors (Lipinski definition) is 0. The van der Waals surface area contributed by atoms with Gasteiger partial charge in [-0.1, -0.05) is 0 Å². The lowest BCUT2D eigenvalue weighted by Crippen LogP contribution is -2.39. The first-order valence-corrected chi connectivity index (χ1v) is 8.36. The Kier molecular flexibility index (Phi) is 5.02. The molecule has 0 bridgehead atoms. The molecule has 1 aliphatic heterocycles. The van der Waals surface area contributed by atoms with E-state index in [4.69, 9.17) is 9.15 Å². The zero-order valence-corrected chi connectivity index (χ0v) is 15.8. The van der Waals surface area contributed by atoms with Crippen molar-refractivity contribution in [3.05, 3.63) is 62.9 Å². The van der Waals surface area contributed by atoms with Crippen LogP contribution in [0.1, 0.15) is 12.7 Å². The molecular formula is C20H15N3O6.